The Balaban J connectivity index is 3.57. The van der Waals surface area contributed by atoms with Crippen molar-refractivity contribution in [2.24, 2.45) is 0 Å². The van der Waals surface area contributed by atoms with Crippen LogP contribution < -0.4 is 0 Å². The van der Waals surface area contributed by atoms with Crippen molar-refractivity contribution in [3.05, 3.63) is 12.2 Å². The lowest BCUT2D eigenvalue weighted by Gasteiger charge is -2.06. The number of allylic oxidation sites excluding steroid dienone is 1. The molecule has 0 saturated heterocycles. The van der Waals surface area contributed by atoms with E-state index in [-0.39, 0.29) is 12.1 Å². The second-order valence-electron chi connectivity index (χ2n) is 2.07. The fraction of sp³-hybridized carbons (Fsp3) is 0.625. The van der Waals surface area contributed by atoms with Gasteiger partial charge in [0.25, 0.3) is 0 Å². The zero-order valence-corrected chi connectivity index (χ0v) is 6.76. The molecule has 2 nitrogen and oxygen atoms in total. The molecule has 0 heterocycles. The molecule has 0 aromatic heterocycles. The van der Waals surface area contributed by atoms with E-state index in [0.717, 1.165) is 0 Å². The monoisotopic (exact) mass is 142 g/mol. The van der Waals surface area contributed by atoms with E-state index in [1.165, 1.54) is 0 Å². The molecule has 58 valence electrons. The second kappa shape index (κ2) is 5.03. The van der Waals surface area contributed by atoms with Crippen LogP contribution in [0.2, 0.25) is 0 Å². The maximum atomic E-state index is 10.6. The van der Waals surface area contributed by atoms with Crippen molar-refractivity contribution >= 4 is 5.97 Å². The van der Waals surface area contributed by atoms with Gasteiger partial charge in [0.2, 0.25) is 0 Å². The first kappa shape index (κ1) is 9.21. The summed E-state index contributed by atoms with van der Waals surface area (Å²) in [5.41, 5.74) is 0. The van der Waals surface area contributed by atoms with Gasteiger partial charge in [-0.1, -0.05) is 13.0 Å². The van der Waals surface area contributed by atoms with Gasteiger partial charge in [-0.05, 0) is 19.9 Å². The Labute approximate surface area is 61.9 Å². The van der Waals surface area contributed by atoms with Crippen molar-refractivity contribution in [3.8, 4) is 0 Å². The molecule has 0 spiro atoms. The molecule has 0 unspecified atom stereocenters. The minimum absolute atomic E-state index is 0.0857. The molecule has 0 saturated carbocycles. The lowest BCUT2D eigenvalue weighted by Crippen LogP contribution is -2.10. The van der Waals surface area contributed by atoms with Gasteiger partial charge >= 0.3 is 5.97 Å². The molecule has 2 heteroatoms. The molecule has 0 aliphatic carbocycles. The van der Waals surface area contributed by atoms with Crippen molar-refractivity contribution in [2.45, 2.75) is 33.3 Å². The Hall–Kier alpha value is -0.790. The van der Waals surface area contributed by atoms with Crippen molar-refractivity contribution in [2.75, 3.05) is 0 Å². The van der Waals surface area contributed by atoms with Gasteiger partial charge in [-0.15, -0.1) is 0 Å². The van der Waals surface area contributed by atoms with E-state index in [9.17, 15) is 4.79 Å². The Bertz CT molecular complexity index is 127. The molecule has 0 aromatic carbocycles. The first-order valence-corrected chi connectivity index (χ1v) is 3.53. The van der Waals surface area contributed by atoms with E-state index in [4.69, 9.17) is 4.74 Å². The van der Waals surface area contributed by atoms with Gasteiger partial charge in [0.05, 0.1) is 0 Å². The van der Waals surface area contributed by atoms with Crippen LogP contribution in [0.25, 0.3) is 0 Å². The number of ether oxygens (including phenoxy) is 1. The summed E-state index contributed by atoms with van der Waals surface area (Å²) in [4.78, 5) is 10.6. The highest BCUT2D eigenvalue weighted by molar-refractivity contribution is 5.69. The van der Waals surface area contributed by atoms with Crippen LogP contribution >= 0.6 is 0 Å². The highest BCUT2D eigenvalue weighted by atomic mass is 16.5. The predicted molar refractivity (Wildman–Crippen MR) is 40.7 cm³/mol. The van der Waals surface area contributed by atoms with Gasteiger partial charge < -0.3 is 4.74 Å². The minimum atomic E-state index is -0.148. The van der Waals surface area contributed by atoms with Gasteiger partial charge in [0, 0.05) is 6.42 Å². The van der Waals surface area contributed by atoms with Crippen LogP contribution in [-0.4, -0.2) is 12.1 Å². The van der Waals surface area contributed by atoms with Gasteiger partial charge in [0.15, 0.2) is 0 Å². The van der Waals surface area contributed by atoms with E-state index < -0.39 is 0 Å². The molecule has 1 atom stereocenters. The van der Waals surface area contributed by atoms with E-state index in [0.29, 0.717) is 6.42 Å². The van der Waals surface area contributed by atoms with Gasteiger partial charge in [-0.25, -0.2) is 0 Å². The van der Waals surface area contributed by atoms with Crippen molar-refractivity contribution in [3.63, 3.8) is 0 Å². The summed E-state index contributed by atoms with van der Waals surface area (Å²) in [6.07, 6.45) is 4.07. The topological polar surface area (TPSA) is 26.3 Å². The molecule has 0 fully saturated rings. The normalized spacial score (nSPS) is 13.5. The Morgan fingerprint density at radius 2 is 2.30 bits per heavy atom. The molecule has 0 amide bonds. The largest absolute Gasteiger partial charge is 0.458 e. The van der Waals surface area contributed by atoms with Crippen molar-refractivity contribution < 1.29 is 9.53 Å². The summed E-state index contributed by atoms with van der Waals surface area (Å²) in [7, 11) is 0. The highest BCUT2D eigenvalue weighted by Crippen LogP contribution is 1.95. The van der Waals surface area contributed by atoms with Gasteiger partial charge in [-0.3, -0.25) is 4.79 Å². The number of carbonyl (C=O) groups is 1. The van der Waals surface area contributed by atoms with Crippen LogP contribution in [0.1, 0.15) is 27.2 Å². The number of carbonyl (C=O) groups excluding carboxylic acids is 1. The fourth-order valence-corrected chi connectivity index (χ4v) is 0.601. The number of hydrogen-bond acceptors (Lipinski definition) is 2. The van der Waals surface area contributed by atoms with Crippen LogP contribution in [0.15, 0.2) is 12.2 Å². The predicted octanol–water partition coefficient (Wildman–Crippen LogP) is 1.90. The number of rotatable bonds is 3. The first-order chi connectivity index (χ1) is 4.70. The van der Waals surface area contributed by atoms with Crippen LogP contribution in [0.4, 0.5) is 0 Å². The summed E-state index contributed by atoms with van der Waals surface area (Å²) < 4.78 is 4.91. The number of esters is 1. The summed E-state index contributed by atoms with van der Waals surface area (Å²) in [6, 6.07) is 0. The zero-order valence-electron chi connectivity index (χ0n) is 6.76. The maximum Gasteiger partial charge on any atom is 0.306 e. The van der Waals surface area contributed by atoms with E-state index >= 15 is 0 Å². The third kappa shape index (κ3) is 4.13. The highest BCUT2D eigenvalue weighted by Gasteiger charge is 2.01. The average molecular weight is 142 g/mol. The average Bonchev–Trinajstić information content (AvgIpc) is 1.88. The molecular weight excluding hydrogens is 128 g/mol. The fourth-order valence-electron chi connectivity index (χ4n) is 0.601. The maximum absolute atomic E-state index is 10.6. The molecule has 0 radical (unpaired) electrons. The Morgan fingerprint density at radius 3 is 2.70 bits per heavy atom. The SMILES string of the molecule is C/C=C/[C@H](C)OC(=O)CC. The third-order valence-corrected chi connectivity index (χ3v) is 1.07. The lowest BCUT2D eigenvalue weighted by molar-refractivity contribution is -0.145. The summed E-state index contributed by atoms with van der Waals surface area (Å²) in [5, 5.41) is 0. The Morgan fingerprint density at radius 1 is 1.70 bits per heavy atom. The van der Waals surface area contributed by atoms with Crippen LogP contribution in [0, 0.1) is 0 Å². The zero-order chi connectivity index (χ0) is 7.98. The molecule has 0 aromatic rings. The Kier molecular flexibility index (Phi) is 4.63. The van der Waals surface area contributed by atoms with E-state index in [2.05, 4.69) is 0 Å². The summed E-state index contributed by atoms with van der Waals surface area (Å²) in [5.74, 6) is -0.148. The van der Waals surface area contributed by atoms with Gasteiger partial charge in [-0.2, -0.15) is 0 Å². The molecule has 0 aliphatic heterocycles. The molecule has 0 N–H and O–H groups in total. The van der Waals surface area contributed by atoms with Crippen LogP contribution in [0.3, 0.4) is 0 Å². The number of hydrogen-bond donors (Lipinski definition) is 0. The molecule has 0 aliphatic rings. The first-order valence-electron chi connectivity index (χ1n) is 3.53. The van der Waals surface area contributed by atoms with Gasteiger partial charge in [0.1, 0.15) is 6.10 Å². The quantitative estimate of drug-likeness (QED) is 0.444. The van der Waals surface area contributed by atoms with E-state index in [1.54, 1.807) is 6.92 Å². The van der Waals surface area contributed by atoms with Crippen LogP contribution in [0.5, 0.6) is 0 Å². The van der Waals surface area contributed by atoms with Crippen molar-refractivity contribution in [1.82, 2.24) is 0 Å². The lowest BCUT2D eigenvalue weighted by atomic mass is 10.3. The molecule has 0 bridgehead atoms. The summed E-state index contributed by atoms with van der Waals surface area (Å²) in [6.45, 7) is 5.52. The third-order valence-electron chi connectivity index (χ3n) is 1.07. The second-order valence-corrected chi connectivity index (χ2v) is 2.07. The van der Waals surface area contributed by atoms with Crippen molar-refractivity contribution in [1.29, 1.82) is 0 Å². The summed E-state index contributed by atoms with van der Waals surface area (Å²) >= 11 is 0. The molecular formula is C8H14O2. The van der Waals surface area contributed by atoms with Crippen LogP contribution in [-0.2, 0) is 9.53 Å². The van der Waals surface area contributed by atoms with E-state index in [1.807, 2.05) is 26.0 Å². The molecule has 0 rings (SSSR count). The smallest absolute Gasteiger partial charge is 0.306 e. The minimum Gasteiger partial charge on any atom is -0.458 e. The standard InChI is InChI=1S/C8H14O2/c1-4-6-7(3)10-8(9)5-2/h4,6-7H,5H2,1-3H3/b6-4+/t7-/m0/s1. The molecule has 10 heavy (non-hydrogen) atoms.